The van der Waals surface area contributed by atoms with Crippen molar-refractivity contribution in [3.8, 4) is 0 Å². The summed E-state index contributed by atoms with van der Waals surface area (Å²) in [5.74, 6) is 0. The molecule has 0 bridgehead atoms. The predicted octanol–water partition coefficient (Wildman–Crippen LogP) is 1.90. The Morgan fingerprint density at radius 1 is 1.40 bits per heavy atom. The van der Waals surface area contributed by atoms with Gasteiger partial charge in [-0.2, -0.15) is 9.40 Å². The fraction of sp³-hybridized carbons (Fsp3) is 0.529. The Balaban J connectivity index is 1.75. The summed E-state index contributed by atoms with van der Waals surface area (Å²) >= 11 is 0. The van der Waals surface area contributed by atoms with Crippen LogP contribution in [-0.2, 0) is 34.3 Å². The van der Waals surface area contributed by atoms with Gasteiger partial charge in [-0.15, -0.1) is 0 Å². The van der Waals surface area contributed by atoms with Crippen molar-refractivity contribution in [3.63, 3.8) is 0 Å². The van der Waals surface area contributed by atoms with Crippen molar-refractivity contribution in [1.29, 1.82) is 0 Å². The lowest BCUT2D eigenvalue weighted by molar-refractivity contribution is 0.107. The summed E-state index contributed by atoms with van der Waals surface area (Å²) in [5.41, 5.74) is 3.13. The fourth-order valence-corrected chi connectivity index (χ4v) is 5.43. The highest BCUT2D eigenvalue weighted by Gasteiger charge is 2.40. The van der Waals surface area contributed by atoms with E-state index in [1.807, 2.05) is 4.68 Å². The molecule has 0 spiro atoms. The Labute approximate surface area is 147 Å². The number of aryl methyl sites for hydroxylation is 1. The lowest BCUT2D eigenvalue weighted by atomic mass is 10.0. The highest BCUT2D eigenvalue weighted by molar-refractivity contribution is 7.89. The van der Waals surface area contributed by atoms with Crippen molar-refractivity contribution in [1.82, 2.24) is 19.1 Å². The lowest BCUT2D eigenvalue weighted by Gasteiger charge is -2.24. The first-order valence-corrected chi connectivity index (χ1v) is 10.1. The second kappa shape index (κ2) is 6.51. The first-order chi connectivity index (χ1) is 12.1. The summed E-state index contributed by atoms with van der Waals surface area (Å²) in [4.78, 5) is 4.20. The molecule has 0 aliphatic carbocycles. The van der Waals surface area contributed by atoms with Crippen LogP contribution in [-0.4, -0.2) is 40.6 Å². The fourth-order valence-electron chi connectivity index (χ4n) is 3.80. The van der Waals surface area contributed by atoms with E-state index in [0.717, 1.165) is 37.1 Å². The highest BCUT2D eigenvalue weighted by atomic mass is 32.2. The normalized spacial score (nSPS) is 21.4. The van der Waals surface area contributed by atoms with Crippen molar-refractivity contribution in [2.75, 3.05) is 13.2 Å². The summed E-state index contributed by atoms with van der Waals surface area (Å²) < 4.78 is 35.4. The van der Waals surface area contributed by atoms with Crippen molar-refractivity contribution in [2.45, 2.75) is 50.3 Å². The standard InChI is InChI=1S/C17H22N4O3S/c1-2-20-15-7-10-24-12-14(15)17(19-20)16-6-4-9-21(16)25(22,23)13-5-3-8-18-11-13/h3,5,8,11,16H,2,4,6-7,9-10,12H2,1H3. The minimum absolute atomic E-state index is 0.228. The van der Waals surface area contributed by atoms with Crippen LogP contribution < -0.4 is 0 Å². The van der Waals surface area contributed by atoms with E-state index in [1.165, 1.54) is 11.9 Å². The number of rotatable bonds is 4. The Morgan fingerprint density at radius 2 is 2.28 bits per heavy atom. The van der Waals surface area contributed by atoms with E-state index in [4.69, 9.17) is 9.84 Å². The Kier molecular flexibility index (Phi) is 4.35. The second-order valence-corrected chi connectivity index (χ2v) is 8.28. The number of ether oxygens (including phenoxy) is 1. The van der Waals surface area contributed by atoms with E-state index >= 15 is 0 Å². The molecule has 0 saturated carbocycles. The van der Waals surface area contributed by atoms with Gasteiger partial charge in [-0.1, -0.05) is 0 Å². The van der Waals surface area contributed by atoms with Gasteiger partial charge in [-0.3, -0.25) is 9.67 Å². The average Bonchev–Trinajstić information content (AvgIpc) is 3.27. The molecular weight excluding hydrogens is 340 g/mol. The summed E-state index contributed by atoms with van der Waals surface area (Å²) in [6, 6.07) is 3.02. The molecule has 2 aromatic rings. The van der Waals surface area contributed by atoms with Crippen LogP contribution in [0.2, 0.25) is 0 Å². The molecular formula is C17H22N4O3S. The molecule has 2 aliphatic rings. The van der Waals surface area contributed by atoms with E-state index in [9.17, 15) is 8.42 Å². The first-order valence-electron chi connectivity index (χ1n) is 8.71. The zero-order valence-corrected chi connectivity index (χ0v) is 15.1. The third-order valence-corrected chi connectivity index (χ3v) is 6.88. The third kappa shape index (κ3) is 2.78. The van der Waals surface area contributed by atoms with Crippen molar-refractivity contribution >= 4 is 10.0 Å². The van der Waals surface area contributed by atoms with Gasteiger partial charge in [0.1, 0.15) is 4.90 Å². The molecule has 0 aromatic carbocycles. The number of fused-ring (bicyclic) bond motifs is 1. The number of hydrogen-bond acceptors (Lipinski definition) is 5. The van der Waals surface area contributed by atoms with E-state index < -0.39 is 10.0 Å². The molecule has 1 atom stereocenters. The second-order valence-electron chi connectivity index (χ2n) is 6.39. The SMILES string of the molecule is CCn1nc(C2CCCN2S(=O)(=O)c2cccnc2)c2c1CCOC2. The molecule has 4 rings (SSSR count). The molecule has 0 radical (unpaired) electrons. The van der Waals surface area contributed by atoms with Gasteiger partial charge in [0.2, 0.25) is 10.0 Å². The van der Waals surface area contributed by atoms with Crippen LogP contribution in [0.3, 0.4) is 0 Å². The molecule has 134 valence electrons. The molecule has 0 amide bonds. The summed E-state index contributed by atoms with van der Waals surface area (Å²) in [7, 11) is -3.58. The van der Waals surface area contributed by atoms with Gasteiger partial charge in [0, 0.05) is 43.2 Å². The number of nitrogens with zero attached hydrogens (tertiary/aromatic N) is 4. The Bertz CT molecular complexity index is 864. The first kappa shape index (κ1) is 16.7. The molecule has 2 aliphatic heterocycles. The monoisotopic (exact) mass is 362 g/mol. The molecule has 25 heavy (non-hydrogen) atoms. The highest BCUT2D eigenvalue weighted by Crippen LogP contribution is 2.39. The van der Waals surface area contributed by atoms with Gasteiger partial charge in [0.15, 0.2) is 0 Å². The number of pyridine rings is 1. The van der Waals surface area contributed by atoms with Gasteiger partial charge < -0.3 is 4.74 Å². The number of sulfonamides is 1. The van der Waals surface area contributed by atoms with Crippen LogP contribution in [0.25, 0.3) is 0 Å². The Morgan fingerprint density at radius 3 is 3.04 bits per heavy atom. The zero-order valence-electron chi connectivity index (χ0n) is 14.3. The third-order valence-electron chi connectivity index (χ3n) is 4.99. The number of aromatic nitrogens is 3. The van der Waals surface area contributed by atoms with Crippen LogP contribution >= 0.6 is 0 Å². The van der Waals surface area contributed by atoms with Crippen LogP contribution in [0, 0.1) is 0 Å². The van der Waals surface area contributed by atoms with E-state index in [-0.39, 0.29) is 10.9 Å². The predicted molar refractivity (Wildman–Crippen MR) is 91.4 cm³/mol. The maximum atomic E-state index is 13.1. The summed E-state index contributed by atoms with van der Waals surface area (Å²) in [5, 5.41) is 4.76. The molecule has 4 heterocycles. The van der Waals surface area contributed by atoms with E-state index in [2.05, 4.69) is 11.9 Å². The molecule has 8 heteroatoms. The zero-order chi connectivity index (χ0) is 17.4. The minimum atomic E-state index is -3.58. The minimum Gasteiger partial charge on any atom is -0.376 e. The molecule has 1 fully saturated rings. The summed E-state index contributed by atoms with van der Waals surface area (Å²) in [6.45, 7) is 4.56. The molecule has 1 unspecified atom stereocenters. The van der Waals surface area contributed by atoms with Crippen LogP contribution in [0.4, 0.5) is 0 Å². The largest absolute Gasteiger partial charge is 0.376 e. The Hall–Kier alpha value is -1.77. The average molecular weight is 362 g/mol. The molecule has 7 nitrogen and oxygen atoms in total. The smallest absolute Gasteiger partial charge is 0.245 e. The van der Waals surface area contributed by atoms with Gasteiger partial charge in [0.25, 0.3) is 0 Å². The quantitative estimate of drug-likeness (QED) is 0.830. The number of hydrogen-bond donors (Lipinski definition) is 0. The van der Waals surface area contributed by atoms with Gasteiger partial charge in [-0.25, -0.2) is 8.42 Å². The van der Waals surface area contributed by atoms with Gasteiger partial charge >= 0.3 is 0 Å². The van der Waals surface area contributed by atoms with Gasteiger partial charge in [-0.05, 0) is 31.9 Å². The van der Waals surface area contributed by atoms with E-state index in [1.54, 1.807) is 22.6 Å². The molecule has 1 saturated heterocycles. The van der Waals surface area contributed by atoms with Crippen molar-refractivity contribution in [2.24, 2.45) is 0 Å². The topological polar surface area (TPSA) is 77.3 Å². The molecule has 0 N–H and O–H groups in total. The maximum Gasteiger partial charge on any atom is 0.245 e. The molecule has 2 aromatic heterocycles. The lowest BCUT2D eigenvalue weighted by Crippen LogP contribution is -2.31. The summed E-state index contributed by atoms with van der Waals surface area (Å²) in [6.07, 6.45) is 5.44. The van der Waals surface area contributed by atoms with Crippen molar-refractivity contribution < 1.29 is 13.2 Å². The van der Waals surface area contributed by atoms with Gasteiger partial charge in [0.05, 0.1) is 24.9 Å². The van der Waals surface area contributed by atoms with Crippen molar-refractivity contribution in [3.05, 3.63) is 41.5 Å². The maximum absolute atomic E-state index is 13.1. The van der Waals surface area contributed by atoms with Crippen LogP contribution in [0.15, 0.2) is 29.4 Å². The van der Waals surface area contributed by atoms with Crippen LogP contribution in [0.1, 0.15) is 42.8 Å². The van der Waals surface area contributed by atoms with Crippen LogP contribution in [0.5, 0.6) is 0 Å². The van der Waals surface area contributed by atoms with E-state index in [0.29, 0.717) is 19.8 Å².